The largest absolute Gasteiger partial charge is 0.271 e. The summed E-state index contributed by atoms with van der Waals surface area (Å²) in [6.07, 6.45) is 6.08. The SMILES string of the molecule is NNC(Cc1ccsc1)C1(c2ccccc2)CCCC1. The van der Waals surface area contributed by atoms with E-state index in [1.54, 1.807) is 11.3 Å². The number of thiophene rings is 1. The number of rotatable bonds is 5. The maximum atomic E-state index is 5.95. The van der Waals surface area contributed by atoms with Gasteiger partial charge < -0.3 is 0 Å². The zero-order valence-electron chi connectivity index (χ0n) is 11.7. The van der Waals surface area contributed by atoms with Gasteiger partial charge >= 0.3 is 0 Å². The van der Waals surface area contributed by atoms with Crippen LogP contribution < -0.4 is 11.3 Å². The molecule has 0 saturated heterocycles. The van der Waals surface area contributed by atoms with E-state index < -0.39 is 0 Å². The lowest BCUT2D eigenvalue weighted by Gasteiger charge is -2.38. The topological polar surface area (TPSA) is 38.0 Å². The molecule has 20 heavy (non-hydrogen) atoms. The molecule has 1 fully saturated rings. The van der Waals surface area contributed by atoms with Gasteiger partial charge in [-0.1, -0.05) is 43.2 Å². The van der Waals surface area contributed by atoms with Crippen molar-refractivity contribution in [2.24, 2.45) is 5.84 Å². The molecule has 3 heteroatoms. The molecule has 1 aliphatic carbocycles. The number of benzene rings is 1. The molecule has 1 aromatic carbocycles. The molecule has 1 unspecified atom stereocenters. The van der Waals surface area contributed by atoms with Crippen molar-refractivity contribution in [3.8, 4) is 0 Å². The molecular formula is C17H22N2S. The van der Waals surface area contributed by atoms with E-state index in [0.29, 0.717) is 6.04 Å². The van der Waals surface area contributed by atoms with Gasteiger partial charge in [-0.15, -0.1) is 0 Å². The second-order valence-electron chi connectivity index (χ2n) is 5.78. The summed E-state index contributed by atoms with van der Waals surface area (Å²) in [5.41, 5.74) is 6.15. The molecule has 1 aromatic heterocycles. The summed E-state index contributed by atoms with van der Waals surface area (Å²) in [7, 11) is 0. The first-order chi connectivity index (χ1) is 9.85. The summed E-state index contributed by atoms with van der Waals surface area (Å²) in [5, 5.41) is 4.38. The van der Waals surface area contributed by atoms with E-state index in [4.69, 9.17) is 5.84 Å². The third-order valence-corrected chi connectivity index (χ3v) is 5.46. The van der Waals surface area contributed by atoms with Crippen LogP contribution in [-0.4, -0.2) is 6.04 Å². The van der Waals surface area contributed by atoms with E-state index in [2.05, 4.69) is 52.6 Å². The van der Waals surface area contributed by atoms with Gasteiger partial charge in [0.1, 0.15) is 0 Å². The highest BCUT2D eigenvalue weighted by Crippen LogP contribution is 2.44. The molecule has 1 heterocycles. The monoisotopic (exact) mass is 286 g/mol. The van der Waals surface area contributed by atoms with Gasteiger partial charge in [0.15, 0.2) is 0 Å². The maximum Gasteiger partial charge on any atom is 0.0347 e. The van der Waals surface area contributed by atoms with Crippen LogP contribution in [0.2, 0.25) is 0 Å². The third-order valence-electron chi connectivity index (χ3n) is 4.73. The third kappa shape index (κ3) is 2.53. The Morgan fingerprint density at radius 2 is 1.90 bits per heavy atom. The summed E-state index contributed by atoms with van der Waals surface area (Å²) < 4.78 is 0. The average Bonchev–Trinajstić information content (AvgIpc) is 3.18. The van der Waals surface area contributed by atoms with E-state index in [0.717, 1.165) is 6.42 Å². The van der Waals surface area contributed by atoms with Crippen LogP contribution in [0.3, 0.4) is 0 Å². The highest BCUT2D eigenvalue weighted by molar-refractivity contribution is 7.07. The molecule has 3 N–H and O–H groups in total. The van der Waals surface area contributed by atoms with Crippen LogP contribution in [-0.2, 0) is 11.8 Å². The molecule has 0 bridgehead atoms. The maximum absolute atomic E-state index is 5.95. The predicted molar refractivity (Wildman–Crippen MR) is 85.7 cm³/mol. The molecular weight excluding hydrogens is 264 g/mol. The lowest BCUT2D eigenvalue weighted by atomic mass is 9.71. The number of hydrazine groups is 1. The molecule has 1 atom stereocenters. The fourth-order valence-corrected chi connectivity index (χ4v) is 4.35. The van der Waals surface area contributed by atoms with Gasteiger partial charge in [0.2, 0.25) is 0 Å². The van der Waals surface area contributed by atoms with E-state index in [9.17, 15) is 0 Å². The zero-order chi connectivity index (χ0) is 13.8. The van der Waals surface area contributed by atoms with Crippen LogP contribution in [0.25, 0.3) is 0 Å². The highest BCUT2D eigenvalue weighted by atomic mass is 32.1. The molecule has 3 rings (SSSR count). The van der Waals surface area contributed by atoms with Crippen LogP contribution in [0.5, 0.6) is 0 Å². The Balaban J connectivity index is 1.92. The van der Waals surface area contributed by atoms with Gasteiger partial charge in [-0.3, -0.25) is 11.3 Å². The second kappa shape index (κ2) is 6.08. The molecule has 0 spiro atoms. The molecule has 0 amide bonds. The summed E-state index contributed by atoms with van der Waals surface area (Å²) in [6.45, 7) is 0. The summed E-state index contributed by atoms with van der Waals surface area (Å²) in [5.74, 6) is 5.95. The fraction of sp³-hybridized carbons (Fsp3) is 0.412. The summed E-state index contributed by atoms with van der Waals surface area (Å²) in [6, 6.07) is 13.4. The summed E-state index contributed by atoms with van der Waals surface area (Å²) >= 11 is 1.76. The predicted octanol–water partition coefficient (Wildman–Crippen LogP) is 3.63. The lowest BCUT2D eigenvalue weighted by molar-refractivity contribution is 0.296. The number of hydrogen-bond acceptors (Lipinski definition) is 3. The van der Waals surface area contributed by atoms with Gasteiger partial charge in [-0.2, -0.15) is 11.3 Å². The molecule has 2 nitrogen and oxygen atoms in total. The van der Waals surface area contributed by atoms with Crippen LogP contribution in [0, 0.1) is 0 Å². The van der Waals surface area contributed by atoms with Crippen LogP contribution in [0.1, 0.15) is 36.8 Å². The minimum atomic E-state index is 0.192. The van der Waals surface area contributed by atoms with Crippen molar-refractivity contribution in [1.29, 1.82) is 0 Å². The van der Waals surface area contributed by atoms with Gasteiger partial charge in [0.05, 0.1) is 0 Å². The van der Waals surface area contributed by atoms with E-state index in [1.165, 1.54) is 36.8 Å². The van der Waals surface area contributed by atoms with E-state index in [-0.39, 0.29) is 5.41 Å². The first-order valence-electron chi connectivity index (χ1n) is 7.38. The minimum Gasteiger partial charge on any atom is -0.271 e. The van der Waals surface area contributed by atoms with Crippen LogP contribution in [0.4, 0.5) is 0 Å². The Bertz CT molecular complexity index is 515. The number of hydrogen-bond donors (Lipinski definition) is 2. The Labute approximate surface area is 125 Å². The van der Waals surface area contributed by atoms with Crippen molar-refractivity contribution in [2.45, 2.75) is 43.6 Å². The summed E-state index contributed by atoms with van der Waals surface area (Å²) in [4.78, 5) is 0. The Morgan fingerprint density at radius 3 is 2.50 bits per heavy atom. The molecule has 1 aliphatic rings. The molecule has 1 saturated carbocycles. The highest BCUT2D eigenvalue weighted by Gasteiger charge is 2.42. The lowest BCUT2D eigenvalue weighted by Crippen LogP contribution is -2.51. The molecule has 0 aliphatic heterocycles. The van der Waals surface area contributed by atoms with Crippen molar-refractivity contribution in [3.05, 3.63) is 58.3 Å². The van der Waals surface area contributed by atoms with Gasteiger partial charge in [-0.05, 0) is 47.2 Å². The minimum absolute atomic E-state index is 0.192. The van der Waals surface area contributed by atoms with Crippen molar-refractivity contribution in [2.75, 3.05) is 0 Å². The van der Waals surface area contributed by atoms with Crippen molar-refractivity contribution < 1.29 is 0 Å². The van der Waals surface area contributed by atoms with Gasteiger partial charge in [0, 0.05) is 11.5 Å². The Morgan fingerprint density at radius 1 is 1.15 bits per heavy atom. The second-order valence-corrected chi connectivity index (χ2v) is 6.56. The standard InChI is InChI=1S/C17H22N2S/c18-19-16(12-14-8-11-20-13-14)17(9-4-5-10-17)15-6-2-1-3-7-15/h1-3,6-8,11,13,16,19H,4-5,9-10,12,18H2. The quantitative estimate of drug-likeness (QED) is 0.650. The number of nitrogens with two attached hydrogens (primary N) is 1. The zero-order valence-corrected chi connectivity index (χ0v) is 12.5. The first-order valence-corrected chi connectivity index (χ1v) is 8.32. The van der Waals surface area contributed by atoms with Crippen LogP contribution in [0.15, 0.2) is 47.2 Å². The Kier molecular flexibility index (Phi) is 4.20. The first kappa shape index (κ1) is 13.8. The van der Waals surface area contributed by atoms with Crippen molar-refractivity contribution in [3.63, 3.8) is 0 Å². The molecule has 2 aromatic rings. The number of nitrogens with one attached hydrogen (secondary N) is 1. The van der Waals surface area contributed by atoms with Gasteiger partial charge in [-0.25, -0.2) is 0 Å². The van der Waals surface area contributed by atoms with Crippen molar-refractivity contribution in [1.82, 2.24) is 5.43 Å². The van der Waals surface area contributed by atoms with Crippen molar-refractivity contribution >= 4 is 11.3 Å². The molecule has 106 valence electrons. The van der Waals surface area contributed by atoms with Crippen LogP contribution >= 0.6 is 11.3 Å². The van der Waals surface area contributed by atoms with E-state index in [1.807, 2.05) is 0 Å². The fourth-order valence-electron chi connectivity index (χ4n) is 3.67. The molecule has 0 radical (unpaired) electrons. The average molecular weight is 286 g/mol. The normalized spacial score (nSPS) is 19.1. The smallest absolute Gasteiger partial charge is 0.0347 e. The van der Waals surface area contributed by atoms with E-state index >= 15 is 0 Å². The Hall–Kier alpha value is -1.16. The van der Waals surface area contributed by atoms with Gasteiger partial charge in [0.25, 0.3) is 0 Å².